The summed E-state index contributed by atoms with van der Waals surface area (Å²) in [6, 6.07) is 8.99. The van der Waals surface area contributed by atoms with E-state index in [1.165, 1.54) is 4.68 Å². The standard InChI is InChI=1S/C12H16N4O2S/c1-10(2)8-9-19(17,18)12-13-14-15-16(12)11-6-4-3-5-7-11/h3-7,10H,8-9H2,1-2H3. The molecule has 6 nitrogen and oxygen atoms in total. The lowest BCUT2D eigenvalue weighted by atomic mass is 10.2. The highest BCUT2D eigenvalue weighted by Gasteiger charge is 2.23. The van der Waals surface area contributed by atoms with Gasteiger partial charge in [0.15, 0.2) is 0 Å². The second-order valence-corrected chi connectivity index (χ2v) is 6.71. The molecule has 0 fully saturated rings. The van der Waals surface area contributed by atoms with Crippen molar-refractivity contribution in [2.24, 2.45) is 5.92 Å². The second kappa shape index (κ2) is 5.48. The van der Waals surface area contributed by atoms with Gasteiger partial charge in [-0.3, -0.25) is 0 Å². The number of benzene rings is 1. The summed E-state index contributed by atoms with van der Waals surface area (Å²) in [5.41, 5.74) is 0.635. The van der Waals surface area contributed by atoms with Gasteiger partial charge in [0.1, 0.15) is 0 Å². The van der Waals surface area contributed by atoms with Crippen molar-refractivity contribution >= 4 is 9.84 Å². The molecule has 0 aliphatic rings. The lowest BCUT2D eigenvalue weighted by Crippen LogP contribution is -2.15. The van der Waals surface area contributed by atoms with E-state index in [2.05, 4.69) is 15.5 Å². The maximum atomic E-state index is 12.2. The molecule has 0 unspecified atom stereocenters. The van der Waals surface area contributed by atoms with Crippen LogP contribution in [0, 0.1) is 5.92 Å². The van der Waals surface area contributed by atoms with Crippen LogP contribution in [0.5, 0.6) is 0 Å². The Bertz CT molecular complexity index is 635. The minimum absolute atomic E-state index is 0.0534. The molecule has 1 heterocycles. The van der Waals surface area contributed by atoms with Crippen LogP contribution in [-0.2, 0) is 9.84 Å². The van der Waals surface area contributed by atoms with Gasteiger partial charge in [0.2, 0.25) is 9.84 Å². The Hall–Kier alpha value is -1.76. The fourth-order valence-corrected chi connectivity index (χ4v) is 3.12. The first-order chi connectivity index (χ1) is 9.00. The van der Waals surface area contributed by atoms with Gasteiger partial charge in [-0.05, 0) is 34.9 Å². The van der Waals surface area contributed by atoms with Gasteiger partial charge in [0.25, 0.3) is 5.16 Å². The number of aromatic nitrogens is 4. The van der Waals surface area contributed by atoms with Gasteiger partial charge in [-0.25, -0.2) is 8.42 Å². The molecule has 0 radical (unpaired) electrons. The van der Waals surface area contributed by atoms with Gasteiger partial charge < -0.3 is 0 Å². The Labute approximate surface area is 112 Å². The van der Waals surface area contributed by atoms with Crippen LogP contribution in [0.3, 0.4) is 0 Å². The highest BCUT2D eigenvalue weighted by Crippen LogP contribution is 2.15. The topological polar surface area (TPSA) is 77.7 Å². The van der Waals surface area contributed by atoms with Gasteiger partial charge in [-0.1, -0.05) is 37.1 Å². The molecule has 2 aromatic rings. The Morgan fingerprint density at radius 1 is 1.21 bits per heavy atom. The van der Waals surface area contributed by atoms with E-state index in [4.69, 9.17) is 0 Å². The van der Waals surface area contributed by atoms with Crippen molar-refractivity contribution < 1.29 is 8.42 Å². The zero-order valence-electron chi connectivity index (χ0n) is 10.9. The molecule has 2 rings (SSSR count). The number of hydrogen-bond acceptors (Lipinski definition) is 5. The van der Waals surface area contributed by atoms with E-state index in [0.29, 0.717) is 18.0 Å². The van der Waals surface area contributed by atoms with E-state index in [1.54, 1.807) is 12.1 Å². The molecule has 7 heteroatoms. The molecule has 0 atom stereocenters. The number of nitrogens with zero attached hydrogens (tertiary/aromatic N) is 4. The molecule has 0 N–H and O–H groups in total. The van der Waals surface area contributed by atoms with Crippen LogP contribution in [0.4, 0.5) is 0 Å². The number of hydrogen-bond donors (Lipinski definition) is 0. The van der Waals surface area contributed by atoms with Crippen molar-refractivity contribution in [1.29, 1.82) is 0 Å². The summed E-state index contributed by atoms with van der Waals surface area (Å²) in [6.45, 7) is 3.96. The van der Waals surface area contributed by atoms with Crippen molar-refractivity contribution in [2.45, 2.75) is 25.4 Å². The maximum absolute atomic E-state index is 12.2. The molecule has 0 saturated carbocycles. The zero-order chi connectivity index (χ0) is 13.9. The molecule has 1 aromatic carbocycles. The maximum Gasteiger partial charge on any atom is 0.272 e. The minimum Gasteiger partial charge on any atom is -0.220 e. The summed E-state index contributed by atoms with van der Waals surface area (Å²) in [5.74, 6) is 0.369. The van der Waals surface area contributed by atoms with Gasteiger partial charge in [-0.15, -0.1) is 0 Å². The van der Waals surface area contributed by atoms with Crippen LogP contribution in [-0.4, -0.2) is 34.4 Å². The molecular weight excluding hydrogens is 264 g/mol. The monoisotopic (exact) mass is 280 g/mol. The van der Waals surface area contributed by atoms with Crippen molar-refractivity contribution in [3.8, 4) is 5.69 Å². The van der Waals surface area contributed by atoms with Crippen molar-refractivity contribution in [3.05, 3.63) is 30.3 Å². The van der Waals surface area contributed by atoms with E-state index >= 15 is 0 Å². The van der Waals surface area contributed by atoms with Crippen LogP contribution < -0.4 is 0 Å². The SMILES string of the molecule is CC(C)CCS(=O)(=O)c1nnnn1-c1ccccc1. The lowest BCUT2D eigenvalue weighted by molar-refractivity contribution is 0.561. The molecule has 19 heavy (non-hydrogen) atoms. The van der Waals surface area contributed by atoms with E-state index in [0.717, 1.165) is 0 Å². The fourth-order valence-electron chi connectivity index (χ4n) is 1.59. The van der Waals surface area contributed by atoms with Crippen LogP contribution in [0.2, 0.25) is 0 Å². The van der Waals surface area contributed by atoms with Crippen LogP contribution >= 0.6 is 0 Å². The molecule has 0 spiro atoms. The molecule has 0 saturated heterocycles. The molecule has 0 aliphatic heterocycles. The zero-order valence-corrected chi connectivity index (χ0v) is 11.7. The average molecular weight is 280 g/mol. The van der Waals surface area contributed by atoms with Gasteiger partial charge in [-0.2, -0.15) is 4.68 Å². The predicted octanol–water partition coefficient (Wildman–Crippen LogP) is 1.48. The summed E-state index contributed by atoms with van der Waals surface area (Å²) < 4.78 is 25.7. The summed E-state index contributed by atoms with van der Waals surface area (Å²) >= 11 is 0. The van der Waals surface area contributed by atoms with E-state index < -0.39 is 9.84 Å². The average Bonchev–Trinajstić information content (AvgIpc) is 2.87. The minimum atomic E-state index is -3.46. The third-order valence-corrected chi connectivity index (χ3v) is 4.27. The largest absolute Gasteiger partial charge is 0.272 e. The highest BCUT2D eigenvalue weighted by molar-refractivity contribution is 7.91. The van der Waals surface area contributed by atoms with Gasteiger partial charge in [0.05, 0.1) is 11.4 Å². The number of sulfone groups is 1. The van der Waals surface area contributed by atoms with E-state index in [9.17, 15) is 8.42 Å². The molecular formula is C12H16N4O2S. The van der Waals surface area contributed by atoms with Crippen molar-refractivity contribution in [2.75, 3.05) is 5.75 Å². The Kier molecular flexibility index (Phi) is 3.94. The van der Waals surface area contributed by atoms with Crippen molar-refractivity contribution in [1.82, 2.24) is 20.2 Å². The quantitative estimate of drug-likeness (QED) is 0.829. The third kappa shape index (κ3) is 3.17. The molecule has 0 aliphatic carbocycles. The van der Waals surface area contributed by atoms with Crippen LogP contribution in [0.25, 0.3) is 5.69 Å². The first kappa shape index (κ1) is 13.7. The summed E-state index contributed by atoms with van der Waals surface area (Å²) in [5, 5.41) is 10.8. The van der Waals surface area contributed by atoms with Crippen LogP contribution in [0.1, 0.15) is 20.3 Å². The lowest BCUT2D eigenvalue weighted by Gasteiger charge is -2.06. The van der Waals surface area contributed by atoms with E-state index in [-0.39, 0.29) is 10.9 Å². The molecule has 0 amide bonds. The Morgan fingerprint density at radius 2 is 1.89 bits per heavy atom. The number of tetrazole rings is 1. The third-order valence-electron chi connectivity index (χ3n) is 2.68. The molecule has 1 aromatic heterocycles. The highest BCUT2D eigenvalue weighted by atomic mass is 32.2. The van der Waals surface area contributed by atoms with Crippen molar-refractivity contribution in [3.63, 3.8) is 0 Å². The van der Waals surface area contributed by atoms with Crippen LogP contribution in [0.15, 0.2) is 35.5 Å². The first-order valence-electron chi connectivity index (χ1n) is 6.07. The Balaban J connectivity index is 2.35. The fraction of sp³-hybridized carbons (Fsp3) is 0.417. The number of rotatable bonds is 5. The first-order valence-corrected chi connectivity index (χ1v) is 7.72. The van der Waals surface area contributed by atoms with Gasteiger partial charge >= 0.3 is 0 Å². The summed E-state index contributed by atoms with van der Waals surface area (Å²) in [7, 11) is -3.46. The van der Waals surface area contributed by atoms with E-state index in [1.807, 2.05) is 32.0 Å². The molecule has 102 valence electrons. The second-order valence-electron chi connectivity index (χ2n) is 4.71. The predicted molar refractivity (Wildman–Crippen MR) is 70.7 cm³/mol. The summed E-state index contributed by atoms with van der Waals surface area (Å²) in [6.07, 6.45) is 0.587. The smallest absolute Gasteiger partial charge is 0.220 e. The Morgan fingerprint density at radius 3 is 2.53 bits per heavy atom. The summed E-state index contributed by atoms with van der Waals surface area (Å²) in [4.78, 5) is 0. The normalized spacial score (nSPS) is 11.9. The van der Waals surface area contributed by atoms with Gasteiger partial charge in [0, 0.05) is 0 Å². The molecule has 0 bridgehead atoms. The number of para-hydroxylation sites is 1.